The van der Waals surface area contributed by atoms with Gasteiger partial charge in [0.15, 0.2) is 5.96 Å². The highest BCUT2D eigenvalue weighted by molar-refractivity contribution is 14.0. The van der Waals surface area contributed by atoms with E-state index in [0.717, 1.165) is 43.7 Å². The van der Waals surface area contributed by atoms with E-state index in [4.69, 9.17) is 0 Å². The van der Waals surface area contributed by atoms with Crippen molar-refractivity contribution in [3.63, 3.8) is 0 Å². The molecule has 0 aromatic rings. The van der Waals surface area contributed by atoms with E-state index in [2.05, 4.69) is 46.5 Å². The molecule has 4 nitrogen and oxygen atoms in total. The normalized spacial score (nSPS) is 27.5. The molecule has 2 rings (SSSR count). The zero-order valence-corrected chi connectivity index (χ0v) is 16.0. The highest BCUT2D eigenvalue weighted by Gasteiger charge is 2.21. The standard InChI is InChI=1S/C16H30N4.HI/c1-13-10-14(2)12-20(11-13)9-8-18-16(17-3)19-15-6-4-5-7-15;/h4-5,13-15H,6-12H2,1-3H3,(H2,17,18,19);1H. The monoisotopic (exact) mass is 406 g/mol. The minimum Gasteiger partial charge on any atom is -0.355 e. The van der Waals surface area contributed by atoms with Gasteiger partial charge < -0.3 is 15.5 Å². The number of aliphatic imine (C=N–C) groups is 1. The second-order valence-corrected chi connectivity index (χ2v) is 6.49. The van der Waals surface area contributed by atoms with Crippen LogP contribution in [0.5, 0.6) is 0 Å². The van der Waals surface area contributed by atoms with Gasteiger partial charge in [0.05, 0.1) is 0 Å². The van der Waals surface area contributed by atoms with E-state index in [1.807, 2.05) is 7.05 Å². The second kappa shape index (κ2) is 9.66. The van der Waals surface area contributed by atoms with Crippen LogP contribution in [0.15, 0.2) is 17.1 Å². The Kier molecular flexibility index (Phi) is 8.63. The fourth-order valence-corrected chi connectivity index (χ4v) is 3.43. The molecule has 0 bridgehead atoms. The fraction of sp³-hybridized carbons (Fsp3) is 0.812. The van der Waals surface area contributed by atoms with Gasteiger partial charge in [-0.15, -0.1) is 24.0 Å². The third kappa shape index (κ3) is 6.55. The maximum absolute atomic E-state index is 4.31. The Morgan fingerprint density at radius 2 is 1.81 bits per heavy atom. The number of piperidine rings is 1. The van der Waals surface area contributed by atoms with Crippen molar-refractivity contribution in [1.82, 2.24) is 15.5 Å². The van der Waals surface area contributed by atoms with Crippen LogP contribution in [-0.4, -0.2) is 50.1 Å². The largest absolute Gasteiger partial charge is 0.355 e. The average molecular weight is 406 g/mol. The summed E-state index contributed by atoms with van der Waals surface area (Å²) in [6.45, 7) is 9.29. The molecule has 2 N–H and O–H groups in total. The highest BCUT2D eigenvalue weighted by atomic mass is 127. The number of nitrogens with zero attached hydrogens (tertiary/aromatic N) is 2. The van der Waals surface area contributed by atoms with Crippen molar-refractivity contribution in [2.45, 2.75) is 39.2 Å². The molecular weight excluding hydrogens is 375 g/mol. The maximum atomic E-state index is 4.31. The molecule has 2 unspecified atom stereocenters. The van der Waals surface area contributed by atoms with Crippen molar-refractivity contribution in [2.24, 2.45) is 16.8 Å². The summed E-state index contributed by atoms with van der Waals surface area (Å²) in [5.41, 5.74) is 0. The van der Waals surface area contributed by atoms with Gasteiger partial charge in [-0.3, -0.25) is 4.99 Å². The van der Waals surface area contributed by atoms with Crippen LogP contribution in [0, 0.1) is 11.8 Å². The molecule has 122 valence electrons. The SMILES string of the molecule is CN=C(NCCN1CC(C)CC(C)C1)NC1CC=CC1.I. The quantitative estimate of drug-likeness (QED) is 0.326. The lowest BCUT2D eigenvalue weighted by molar-refractivity contribution is 0.143. The van der Waals surface area contributed by atoms with Crippen molar-refractivity contribution >= 4 is 29.9 Å². The number of rotatable bonds is 4. The van der Waals surface area contributed by atoms with Crippen molar-refractivity contribution in [3.05, 3.63) is 12.2 Å². The Hall–Kier alpha value is -0.300. The van der Waals surface area contributed by atoms with Crippen molar-refractivity contribution < 1.29 is 0 Å². The van der Waals surface area contributed by atoms with E-state index in [1.54, 1.807) is 0 Å². The van der Waals surface area contributed by atoms with E-state index < -0.39 is 0 Å². The summed E-state index contributed by atoms with van der Waals surface area (Å²) < 4.78 is 0. The van der Waals surface area contributed by atoms with Crippen LogP contribution in [0.25, 0.3) is 0 Å². The predicted octanol–water partition coefficient (Wildman–Crippen LogP) is 2.47. The topological polar surface area (TPSA) is 39.7 Å². The third-order valence-electron chi connectivity index (χ3n) is 4.24. The predicted molar refractivity (Wildman–Crippen MR) is 101 cm³/mol. The molecule has 0 radical (unpaired) electrons. The van der Waals surface area contributed by atoms with Crippen LogP contribution in [-0.2, 0) is 0 Å². The van der Waals surface area contributed by atoms with E-state index >= 15 is 0 Å². The molecular formula is C16H31IN4. The molecule has 0 saturated carbocycles. The van der Waals surface area contributed by atoms with E-state index in [1.165, 1.54) is 19.5 Å². The van der Waals surface area contributed by atoms with Crippen molar-refractivity contribution in [3.8, 4) is 0 Å². The summed E-state index contributed by atoms with van der Waals surface area (Å²) in [4.78, 5) is 6.89. The second-order valence-electron chi connectivity index (χ2n) is 6.49. The minimum atomic E-state index is 0. The summed E-state index contributed by atoms with van der Waals surface area (Å²) in [5.74, 6) is 2.61. The first-order valence-corrected chi connectivity index (χ1v) is 8.02. The van der Waals surface area contributed by atoms with Crippen LogP contribution < -0.4 is 10.6 Å². The van der Waals surface area contributed by atoms with E-state index in [0.29, 0.717) is 6.04 Å². The third-order valence-corrected chi connectivity index (χ3v) is 4.24. The van der Waals surface area contributed by atoms with Gasteiger partial charge in [0, 0.05) is 39.3 Å². The molecule has 1 saturated heterocycles. The number of likely N-dealkylation sites (tertiary alicyclic amines) is 1. The van der Waals surface area contributed by atoms with Gasteiger partial charge in [-0.25, -0.2) is 0 Å². The summed E-state index contributed by atoms with van der Waals surface area (Å²) in [6, 6.07) is 0.524. The first-order chi connectivity index (χ1) is 9.67. The lowest BCUT2D eigenvalue weighted by Crippen LogP contribution is -2.47. The van der Waals surface area contributed by atoms with Gasteiger partial charge in [-0.05, 0) is 31.1 Å². The van der Waals surface area contributed by atoms with Gasteiger partial charge in [-0.2, -0.15) is 0 Å². The number of guanidine groups is 1. The van der Waals surface area contributed by atoms with Crippen molar-refractivity contribution in [2.75, 3.05) is 33.2 Å². The Morgan fingerprint density at radius 1 is 1.19 bits per heavy atom. The maximum Gasteiger partial charge on any atom is 0.191 e. The van der Waals surface area contributed by atoms with Crippen LogP contribution in [0.4, 0.5) is 0 Å². The van der Waals surface area contributed by atoms with Crippen LogP contribution in [0.2, 0.25) is 0 Å². The molecule has 1 fully saturated rings. The molecule has 1 aliphatic heterocycles. The molecule has 1 heterocycles. The first kappa shape index (κ1) is 18.7. The lowest BCUT2D eigenvalue weighted by Gasteiger charge is -2.35. The molecule has 2 aliphatic rings. The van der Waals surface area contributed by atoms with Gasteiger partial charge in [0.25, 0.3) is 0 Å². The van der Waals surface area contributed by atoms with Crippen LogP contribution in [0.1, 0.15) is 33.1 Å². The Labute approximate surface area is 146 Å². The van der Waals surface area contributed by atoms with E-state index in [9.17, 15) is 0 Å². The summed E-state index contributed by atoms with van der Waals surface area (Å²) >= 11 is 0. The molecule has 5 heteroatoms. The number of nitrogens with one attached hydrogen (secondary N) is 2. The molecule has 0 spiro atoms. The average Bonchev–Trinajstić information content (AvgIpc) is 2.89. The Bertz CT molecular complexity index is 338. The number of halogens is 1. The molecule has 0 amide bonds. The number of hydrogen-bond donors (Lipinski definition) is 2. The van der Waals surface area contributed by atoms with Gasteiger partial charge in [0.2, 0.25) is 0 Å². The number of hydrogen-bond acceptors (Lipinski definition) is 2. The first-order valence-electron chi connectivity index (χ1n) is 8.02. The zero-order valence-electron chi connectivity index (χ0n) is 13.6. The van der Waals surface area contributed by atoms with Gasteiger partial charge in [0.1, 0.15) is 0 Å². The molecule has 21 heavy (non-hydrogen) atoms. The minimum absolute atomic E-state index is 0. The highest BCUT2D eigenvalue weighted by Crippen LogP contribution is 2.20. The summed E-state index contributed by atoms with van der Waals surface area (Å²) in [5, 5.41) is 6.92. The fourth-order valence-electron chi connectivity index (χ4n) is 3.43. The zero-order chi connectivity index (χ0) is 14.4. The van der Waals surface area contributed by atoms with Crippen LogP contribution >= 0.6 is 24.0 Å². The van der Waals surface area contributed by atoms with E-state index in [-0.39, 0.29) is 24.0 Å². The molecule has 1 aliphatic carbocycles. The molecule has 0 aromatic heterocycles. The molecule has 0 aromatic carbocycles. The smallest absolute Gasteiger partial charge is 0.191 e. The van der Waals surface area contributed by atoms with Gasteiger partial charge >= 0.3 is 0 Å². The van der Waals surface area contributed by atoms with Gasteiger partial charge in [-0.1, -0.05) is 26.0 Å². The Balaban J connectivity index is 0.00000220. The summed E-state index contributed by atoms with van der Waals surface area (Å²) in [7, 11) is 1.85. The van der Waals surface area contributed by atoms with Crippen LogP contribution in [0.3, 0.4) is 0 Å². The Morgan fingerprint density at radius 3 is 2.38 bits per heavy atom. The molecule has 2 atom stereocenters. The summed E-state index contributed by atoms with van der Waals surface area (Å²) in [6.07, 6.45) is 8.08. The van der Waals surface area contributed by atoms with Crippen molar-refractivity contribution in [1.29, 1.82) is 0 Å². The lowest BCUT2D eigenvalue weighted by atomic mass is 9.92.